The van der Waals surface area contributed by atoms with Crippen molar-refractivity contribution in [2.24, 2.45) is 0 Å². The predicted molar refractivity (Wildman–Crippen MR) is 250 cm³/mol. The Kier molecular flexibility index (Phi) is 7.03. The SMILES string of the molecule is Cc1ccc(C(C)(C)C)cc1N(c1ccc2cc3c(cc2c1)-c1cc2cc(-n4c5ccccc5c5ccccc54)ccc2cc1-3)c1c(C)ccc2c1oc1ccccc12. The molecule has 0 amide bonds. The number of hydrogen-bond donors (Lipinski definition) is 0. The van der Waals surface area contributed by atoms with Gasteiger partial charge in [0.1, 0.15) is 5.58 Å². The summed E-state index contributed by atoms with van der Waals surface area (Å²) < 4.78 is 9.17. The molecular weight excluding hydrogens is 717 g/mol. The van der Waals surface area contributed by atoms with Crippen LogP contribution in [0.15, 0.2) is 168 Å². The minimum atomic E-state index is -0.0119. The molecule has 0 N–H and O–H groups in total. The van der Waals surface area contributed by atoms with Gasteiger partial charge in [-0.2, -0.15) is 0 Å². The fourth-order valence-electron chi connectivity index (χ4n) is 9.73. The van der Waals surface area contributed by atoms with E-state index in [9.17, 15) is 0 Å². The highest BCUT2D eigenvalue weighted by Crippen LogP contribution is 2.52. The van der Waals surface area contributed by atoms with Crippen LogP contribution in [0.3, 0.4) is 0 Å². The zero-order valence-electron chi connectivity index (χ0n) is 33.9. The lowest BCUT2D eigenvalue weighted by atomic mass is 9.78. The Hall–Kier alpha value is -7.10. The molecule has 0 aliphatic heterocycles. The van der Waals surface area contributed by atoms with Gasteiger partial charge in [0.15, 0.2) is 5.58 Å². The minimum Gasteiger partial charge on any atom is -0.454 e. The first-order valence-electron chi connectivity index (χ1n) is 20.7. The third-order valence-electron chi connectivity index (χ3n) is 12.9. The maximum atomic E-state index is 6.76. The second-order valence-corrected chi connectivity index (χ2v) is 17.5. The van der Waals surface area contributed by atoms with E-state index in [1.807, 2.05) is 0 Å². The fourth-order valence-corrected chi connectivity index (χ4v) is 9.73. The van der Waals surface area contributed by atoms with E-state index < -0.39 is 0 Å². The van der Waals surface area contributed by atoms with Gasteiger partial charge in [-0.1, -0.05) is 112 Å². The molecule has 2 heterocycles. The summed E-state index contributed by atoms with van der Waals surface area (Å²) in [4.78, 5) is 2.45. The van der Waals surface area contributed by atoms with Crippen LogP contribution in [0.2, 0.25) is 0 Å². The van der Waals surface area contributed by atoms with Gasteiger partial charge in [-0.15, -0.1) is 0 Å². The van der Waals surface area contributed by atoms with Crippen LogP contribution in [-0.2, 0) is 5.41 Å². The third kappa shape index (κ3) is 5.01. The summed E-state index contributed by atoms with van der Waals surface area (Å²) >= 11 is 0. The van der Waals surface area contributed by atoms with Gasteiger partial charge < -0.3 is 13.9 Å². The second kappa shape index (κ2) is 12.2. The molecule has 0 bridgehead atoms. The van der Waals surface area contributed by atoms with Crippen molar-refractivity contribution < 1.29 is 4.42 Å². The number of hydrogen-bond acceptors (Lipinski definition) is 2. The molecule has 282 valence electrons. The van der Waals surface area contributed by atoms with Crippen LogP contribution < -0.4 is 4.90 Å². The average Bonchev–Trinajstić information content (AvgIpc) is 3.79. The fraction of sp³-hybridized carbons (Fsp3) is 0.107. The third-order valence-corrected chi connectivity index (χ3v) is 12.9. The molecule has 1 aliphatic rings. The van der Waals surface area contributed by atoms with Crippen molar-refractivity contribution in [1.29, 1.82) is 0 Å². The van der Waals surface area contributed by atoms with E-state index in [1.54, 1.807) is 0 Å². The first kappa shape index (κ1) is 34.0. The molecule has 0 fully saturated rings. The zero-order valence-corrected chi connectivity index (χ0v) is 33.9. The van der Waals surface area contributed by atoms with Crippen molar-refractivity contribution in [2.75, 3.05) is 4.90 Å². The number of benzene rings is 9. The van der Waals surface area contributed by atoms with Crippen LogP contribution in [0, 0.1) is 13.8 Å². The van der Waals surface area contributed by atoms with E-state index in [-0.39, 0.29) is 5.41 Å². The highest BCUT2D eigenvalue weighted by molar-refractivity contribution is 6.14. The molecule has 3 heteroatoms. The monoisotopic (exact) mass is 758 g/mol. The largest absolute Gasteiger partial charge is 0.454 e. The molecule has 59 heavy (non-hydrogen) atoms. The maximum Gasteiger partial charge on any atom is 0.159 e. The molecule has 0 unspecified atom stereocenters. The molecule has 0 spiro atoms. The molecule has 0 saturated heterocycles. The first-order valence-corrected chi connectivity index (χ1v) is 20.7. The Morgan fingerprint density at radius 2 is 1.05 bits per heavy atom. The van der Waals surface area contributed by atoms with Gasteiger partial charge >= 0.3 is 0 Å². The van der Waals surface area contributed by atoms with Gasteiger partial charge in [0.05, 0.1) is 16.7 Å². The normalized spacial score (nSPS) is 12.5. The first-order chi connectivity index (χ1) is 28.7. The van der Waals surface area contributed by atoms with Crippen LogP contribution in [0.4, 0.5) is 17.1 Å². The van der Waals surface area contributed by atoms with Crippen molar-refractivity contribution in [3.05, 3.63) is 180 Å². The molecule has 12 rings (SSSR count). The van der Waals surface area contributed by atoms with Crippen LogP contribution in [0.1, 0.15) is 37.5 Å². The molecule has 11 aromatic rings. The molecule has 9 aromatic carbocycles. The number of aryl methyl sites for hydroxylation is 2. The summed E-state index contributed by atoms with van der Waals surface area (Å²) in [7, 11) is 0. The lowest BCUT2D eigenvalue weighted by Gasteiger charge is -2.31. The Balaban J connectivity index is 1.02. The van der Waals surface area contributed by atoms with Gasteiger partial charge in [-0.05, 0) is 153 Å². The number of nitrogens with zero attached hydrogens (tertiary/aromatic N) is 2. The lowest BCUT2D eigenvalue weighted by Crippen LogP contribution is -2.16. The van der Waals surface area contributed by atoms with Crippen molar-refractivity contribution in [3.8, 4) is 27.9 Å². The topological polar surface area (TPSA) is 21.3 Å². The van der Waals surface area contributed by atoms with Crippen LogP contribution in [0.5, 0.6) is 0 Å². The van der Waals surface area contributed by atoms with E-state index in [2.05, 4.69) is 208 Å². The average molecular weight is 759 g/mol. The predicted octanol–water partition coefficient (Wildman–Crippen LogP) is 16.0. The van der Waals surface area contributed by atoms with Crippen molar-refractivity contribution >= 4 is 82.4 Å². The quantitative estimate of drug-likeness (QED) is 0.178. The zero-order chi connectivity index (χ0) is 39.7. The summed E-state index contributed by atoms with van der Waals surface area (Å²) in [5.74, 6) is 0. The molecule has 2 aromatic heterocycles. The number of fused-ring (bicyclic) bond motifs is 12. The Morgan fingerprint density at radius 3 is 1.73 bits per heavy atom. The van der Waals surface area contributed by atoms with E-state index in [4.69, 9.17) is 4.42 Å². The smallest absolute Gasteiger partial charge is 0.159 e. The van der Waals surface area contributed by atoms with E-state index in [0.29, 0.717) is 0 Å². The number of para-hydroxylation sites is 3. The van der Waals surface area contributed by atoms with Gasteiger partial charge in [-0.3, -0.25) is 0 Å². The molecule has 0 atom stereocenters. The summed E-state index contributed by atoms with van der Waals surface area (Å²) in [5, 5.41) is 9.78. The molecule has 1 aliphatic carbocycles. The van der Waals surface area contributed by atoms with Crippen molar-refractivity contribution in [3.63, 3.8) is 0 Å². The van der Waals surface area contributed by atoms with E-state index in [1.165, 1.54) is 82.4 Å². The van der Waals surface area contributed by atoms with Gasteiger partial charge in [-0.25, -0.2) is 0 Å². The van der Waals surface area contributed by atoms with Crippen LogP contribution in [0.25, 0.3) is 93.2 Å². The minimum absolute atomic E-state index is 0.0119. The summed E-state index contributed by atoms with van der Waals surface area (Å²) in [6.45, 7) is 11.3. The molecule has 3 nitrogen and oxygen atoms in total. The molecule has 0 radical (unpaired) electrons. The van der Waals surface area contributed by atoms with Crippen LogP contribution in [-0.4, -0.2) is 4.57 Å². The highest BCUT2D eigenvalue weighted by Gasteiger charge is 2.27. The molecule has 0 saturated carbocycles. The van der Waals surface area contributed by atoms with Crippen molar-refractivity contribution in [1.82, 2.24) is 4.57 Å². The van der Waals surface area contributed by atoms with Gasteiger partial charge in [0, 0.05) is 38.6 Å². The highest BCUT2D eigenvalue weighted by atomic mass is 16.3. The number of anilines is 3. The van der Waals surface area contributed by atoms with Gasteiger partial charge in [0.2, 0.25) is 0 Å². The second-order valence-electron chi connectivity index (χ2n) is 17.5. The number of furan rings is 1. The Bertz CT molecular complexity index is 3520. The molecular formula is C56H42N2O. The van der Waals surface area contributed by atoms with E-state index in [0.717, 1.165) is 44.6 Å². The Labute approximate surface area is 343 Å². The summed E-state index contributed by atoms with van der Waals surface area (Å²) in [5.41, 5.74) is 17.7. The number of rotatable bonds is 4. The maximum absolute atomic E-state index is 6.76. The van der Waals surface area contributed by atoms with Crippen molar-refractivity contribution in [2.45, 2.75) is 40.0 Å². The van der Waals surface area contributed by atoms with E-state index >= 15 is 0 Å². The number of aromatic nitrogens is 1. The summed E-state index contributed by atoms with van der Waals surface area (Å²) in [6.07, 6.45) is 0. The van der Waals surface area contributed by atoms with Gasteiger partial charge in [0.25, 0.3) is 0 Å². The standard InChI is InChI=1S/C56H42N2O/c1-33-18-22-39(56(3,4)5)32-52(33)58(54-34(2)19-25-45-44-14-8-11-17-53(44)59-55(45)54)41-24-21-36-29-47-46-28-35-20-23-40(26-37(35)30-48(46)49(47)31-38(36)27-41)57-50-15-9-6-12-42(50)43-13-7-10-16-51(43)57/h6-32H,1-5H3. The lowest BCUT2D eigenvalue weighted by molar-refractivity contribution is 0.590. The summed E-state index contributed by atoms with van der Waals surface area (Å²) in [6, 6.07) is 60.7. The van der Waals surface area contributed by atoms with Crippen LogP contribution >= 0.6 is 0 Å². The Morgan fingerprint density at radius 1 is 0.475 bits per heavy atom.